The monoisotopic (exact) mass is 585 g/mol. The summed E-state index contributed by atoms with van der Waals surface area (Å²) in [4.78, 5) is 3.63. The van der Waals surface area contributed by atoms with Gasteiger partial charge in [0.1, 0.15) is 0 Å². The molecule has 0 amide bonds. The van der Waals surface area contributed by atoms with Gasteiger partial charge in [-0.3, -0.25) is 0 Å². The highest BCUT2D eigenvalue weighted by atomic mass is 32.2. The second-order valence-corrected chi connectivity index (χ2v) is 12.8. The SMILES string of the molecule is C=C1/C=C\C=C(\N(c2cccc(-c3cccc4ccccc34)c2)c2cccc3c2sc2ccccc23)Sc2ccccc21. The Morgan fingerprint density at radius 3 is 2.28 bits per heavy atom. The molecule has 2 heterocycles. The molecule has 204 valence electrons. The van der Waals surface area contributed by atoms with E-state index in [9.17, 15) is 0 Å². The van der Waals surface area contributed by atoms with Crippen molar-refractivity contribution in [1.29, 1.82) is 0 Å². The van der Waals surface area contributed by atoms with Crippen LogP contribution in [0.15, 0.2) is 168 Å². The number of allylic oxidation sites excluding steroid dienone is 4. The summed E-state index contributed by atoms with van der Waals surface area (Å²) in [6.07, 6.45) is 6.47. The van der Waals surface area contributed by atoms with Gasteiger partial charge in [0.15, 0.2) is 0 Å². The molecule has 0 spiro atoms. The molecular weight excluding hydrogens is 559 g/mol. The van der Waals surface area contributed by atoms with Crippen molar-refractivity contribution in [2.75, 3.05) is 4.90 Å². The molecule has 0 aliphatic carbocycles. The minimum Gasteiger partial charge on any atom is -0.303 e. The number of benzene rings is 6. The average Bonchev–Trinajstić information content (AvgIpc) is 3.44. The van der Waals surface area contributed by atoms with E-state index in [0.717, 1.165) is 16.3 Å². The van der Waals surface area contributed by atoms with Gasteiger partial charge in [-0.15, -0.1) is 11.3 Å². The smallest absolute Gasteiger partial charge is 0.0847 e. The number of nitrogens with zero attached hydrogens (tertiary/aromatic N) is 1. The van der Waals surface area contributed by atoms with Crippen LogP contribution in [-0.4, -0.2) is 0 Å². The molecule has 0 fully saturated rings. The number of anilines is 2. The van der Waals surface area contributed by atoms with Crippen molar-refractivity contribution < 1.29 is 0 Å². The van der Waals surface area contributed by atoms with Crippen molar-refractivity contribution in [2.45, 2.75) is 4.90 Å². The van der Waals surface area contributed by atoms with Crippen LogP contribution < -0.4 is 4.90 Å². The third kappa shape index (κ3) is 4.58. The summed E-state index contributed by atoms with van der Waals surface area (Å²) in [6.45, 7) is 4.34. The highest BCUT2D eigenvalue weighted by Gasteiger charge is 2.22. The maximum atomic E-state index is 4.34. The molecule has 3 heteroatoms. The third-order valence-electron chi connectivity index (χ3n) is 8.03. The molecule has 1 aliphatic heterocycles. The van der Waals surface area contributed by atoms with E-state index in [-0.39, 0.29) is 0 Å². The van der Waals surface area contributed by atoms with Crippen molar-refractivity contribution in [3.8, 4) is 11.1 Å². The zero-order valence-corrected chi connectivity index (χ0v) is 25.0. The van der Waals surface area contributed by atoms with E-state index < -0.39 is 0 Å². The van der Waals surface area contributed by atoms with Gasteiger partial charge in [-0.25, -0.2) is 0 Å². The van der Waals surface area contributed by atoms with Crippen LogP contribution in [0.4, 0.5) is 11.4 Å². The molecule has 0 saturated carbocycles. The van der Waals surface area contributed by atoms with Crippen molar-refractivity contribution in [1.82, 2.24) is 0 Å². The molecule has 1 aliphatic rings. The fourth-order valence-electron chi connectivity index (χ4n) is 6.01. The lowest BCUT2D eigenvalue weighted by Crippen LogP contribution is -2.15. The molecule has 0 radical (unpaired) electrons. The maximum absolute atomic E-state index is 4.34. The summed E-state index contributed by atoms with van der Waals surface area (Å²) in [5.74, 6) is 0. The van der Waals surface area contributed by atoms with E-state index in [4.69, 9.17) is 0 Å². The van der Waals surface area contributed by atoms with E-state index in [0.29, 0.717) is 0 Å². The van der Waals surface area contributed by atoms with Crippen molar-refractivity contribution in [3.05, 3.63) is 169 Å². The molecule has 0 unspecified atom stereocenters. The first-order valence-corrected chi connectivity index (χ1v) is 16.0. The first-order chi connectivity index (χ1) is 21.2. The molecule has 8 rings (SSSR count). The number of rotatable bonds is 4. The summed E-state index contributed by atoms with van der Waals surface area (Å²) >= 11 is 3.65. The van der Waals surface area contributed by atoms with Crippen LogP contribution >= 0.6 is 23.1 Å². The molecule has 0 atom stereocenters. The predicted octanol–water partition coefficient (Wildman–Crippen LogP) is 12.2. The Morgan fingerprint density at radius 2 is 1.33 bits per heavy atom. The van der Waals surface area contributed by atoms with Crippen LogP contribution in [0.5, 0.6) is 0 Å². The van der Waals surface area contributed by atoms with Crippen molar-refractivity contribution >= 4 is 71.0 Å². The maximum Gasteiger partial charge on any atom is 0.0847 e. The molecule has 1 aromatic heterocycles. The highest BCUT2D eigenvalue weighted by Crippen LogP contribution is 2.47. The van der Waals surface area contributed by atoms with E-state index >= 15 is 0 Å². The lowest BCUT2D eigenvalue weighted by molar-refractivity contribution is 1.27. The normalized spacial score (nSPS) is 15.1. The molecule has 0 bridgehead atoms. The van der Waals surface area contributed by atoms with Crippen LogP contribution in [0.25, 0.3) is 47.6 Å². The summed E-state index contributed by atoms with van der Waals surface area (Å²) in [7, 11) is 0. The topological polar surface area (TPSA) is 3.24 Å². The zero-order valence-electron chi connectivity index (χ0n) is 23.4. The standard InChI is InChI=1S/C40H27NS2/c1-27-12-8-25-39(42-37-23-6-4-17-31(27)37)41(36-22-11-21-35-34-19-5-7-24-38(34)43-40(35)36)30-16-9-15-29(26-30)33-20-10-14-28-13-2-3-18-32(28)33/h2-26H,1H2/b12-8-,39-25-. The number of hydrogen-bond acceptors (Lipinski definition) is 3. The second-order valence-electron chi connectivity index (χ2n) is 10.7. The summed E-state index contributed by atoms with van der Waals surface area (Å²) < 4.78 is 2.58. The molecule has 0 N–H and O–H groups in total. The number of thiophene rings is 1. The Kier molecular flexibility index (Phi) is 6.48. The minimum absolute atomic E-state index is 1.02. The fourth-order valence-corrected chi connectivity index (χ4v) is 8.34. The van der Waals surface area contributed by atoms with E-state index in [1.807, 2.05) is 11.3 Å². The van der Waals surface area contributed by atoms with Gasteiger partial charge >= 0.3 is 0 Å². The van der Waals surface area contributed by atoms with Crippen molar-refractivity contribution in [2.24, 2.45) is 0 Å². The second kappa shape index (κ2) is 10.8. The summed E-state index contributed by atoms with van der Waals surface area (Å²) in [5, 5.41) is 6.23. The van der Waals surface area contributed by atoms with E-state index in [1.165, 1.54) is 58.2 Å². The van der Waals surface area contributed by atoms with Gasteiger partial charge < -0.3 is 4.90 Å². The Balaban J connectivity index is 1.37. The minimum atomic E-state index is 1.02. The predicted molar refractivity (Wildman–Crippen MR) is 189 cm³/mol. The fraction of sp³-hybridized carbons (Fsp3) is 0. The van der Waals surface area contributed by atoms with Gasteiger partial charge in [-0.2, -0.15) is 0 Å². The van der Waals surface area contributed by atoms with Gasteiger partial charge in [0.25, 0.3) is 0 Å². The Hall–Kier alpha value is -4.83. The van der Waals surface area contributed by atoms with E-state index in [2.05, 4.69) is 163 Å². The van der Waals surface area contributed by atoms with Crippen LogP contribution in [0, 0.1) is 0 Å². The van der Waals surface area contributed by atoms with Gasteiger partial charge in [0.05, 0.1) is 15.4 Å². The quantitative estimate of drug-likeness (QED) is 0.202. The largest absolute Gasteiger partial charge is 0.303 e. The number of hydrogen-bond donors (Lipinski definition) is 0. The first kappa shape index (κ1) is 25.8. The lowest BCUT2D eigenvalue weighted by atomic mass is 9.98. The molecule has 1 nitrogen and oxygen atoms in total. The molecular formula is C40H27NS2. The van der Waals surface area contributed by atoms with Crippen molar-refractivity contribution in [3.63, 3.8) is 0 Å². The molecule has 6 aromatic carbocycles. The van der Waals surface area contributed by atoms with Crippen LogP contribution in [-0.2, 0) is 0 Å². The summed E-state index contributed by atoms with van der Waals surface area (Å²) in [5.41, 5.74) is 6.93. The average molecular weight is 586 g/mol. The zero-order chi connectivity index (χ0) is 28.8. The highest BCUT2D eigenvalue weighted by molar-refractivity contribution is 8.03. The molecule has 43 heavy (non-hydrogen) atoms. The van der Waals surface area contributed by atoms with Gasteiger partial charge in [-0.05, 0) is 69.4 Å². The van der Waals surface area contributed by atoms with E-state index in [1.54, 1.807) is 11.8 Å². The van der Waals surface area contributed by atoms with Gasteiger partial charge in [0, 0.05) is 26.1 Å². The molecule has 0 saturated heterocycles. The van der Waals surface area contributed by atoms with Crippen LogP contribution in [0.1, 0.15) is 5.56 Å². The van der Waals surface area contributed by atoms with Crippen LogP contribution in [0.3, 0.4) is 0 Å². The summed E-state index contributed by atoms with van der Waals surface area (Å²) in [6, 6.07) is 48.2. The Morgan fingerprint density at radius 1 is 0.605 bits per heavy atom. The third-order valence-corrected chi connectivity index (χ3v) is 10.3. The number of thioether (sulfide) groups is 1. The number of fused-ring (bicyclic) bond motifs is 5. The Bertz CT molecular complexity index is 2250. The molecule has 7 aromatic rings. The first-order valence-electron chi connectivity index (χ1n) is 14.4. The Labute approximate surface area is 259 Å². The van der Waals surface area contributed by atoms with Gasteiger partial charge in [-0.1, -0.05) is 134 Å². The van der Waals surface area contributed by atoms with Crippen LogP contribution in [0.2, 0.25) is 0 Å². The lowest BCUT2D eigenvalue weighted by Gasteiger charge is -2.29. The van der Waals surface area contributed by atoms with Gasteiger partial charge in [0.2, 0.25) is 0 Å².